The second-order valence-electron chi connectivity index (χ2n) is 4.09. The van der Waals surface area contributed by atoms with Gasteiger partial charge in [0.2, 0.25) is 5.91 Å². The van der Waals surface area contributed by atoms with Crippen LogP contribution in [0.5, 0.6) is 0 Å². The van der Waals surface area contributed by atoms with E-state index in [1.165, 1.54) is 0 Å². The number of nitrogens with two attached hydrogens (primary N) is 1. The van der Waals surface area contributed by atoms with Gasteiger partial charge in [-0.1, -0.05) is 24.3 Å². The maximum absolute atomic E-state index is 11.9. The summed E-state index contributed by atoms with van der Waals surface area (Å²) >= 11 is 0. The number of rotatable bonds is 2. The van der Waals surface area contributed by atoms with Gasteiger partial charge in [0.05, 0.1) is 0 Å². The summed E-state index contributed by atoms with van der Waals surface area (Å²) in [5.41, 5.74) is 8.10. The highest BCUT2D eigenvalue weighted by Crippen LogP contribution is 2.26. The van der Waals surface area contributed by atoms with Crippen LogP contribution in [0.2, 0.25) is 0 Å². The van der Waals surface area contributed by atoms with Crippen molar-refractivity contribution in [2.45, 2.75) is 18.9 Å². The van der Waals surface area contributed by atoms with E-state index in [4.69, 9.17) is 5.73 Å². The normalized spacial score (nSPS) is 19.1. The van der Waals surface area contributed by atoms with Crippen molar-refractivity contribution in [3.63, 3.8) is 0 Å². The first-order valence-corrected chi connectivity index (χ1v) is 5.47. The summed E-state index contributed by atoms with van der Waals surface area (Å²) < 4.78 is 0. The summed E-state index contributed by atoms with van der Waals surface area (Å²) in [4.78, 5) is 13.7. The smallest absolute Gasteiger partial charge is 0.230 e. The minimum Gasteiger partial charge on any atom is -0.326 e. The van der Waals surface area contributed by atoms with E-state index in [1.807, 2.05) is 24.3 Å². The average molecular weight is 216 g/mol. The van der Waals surface area contributed by atoms with Crippen LogP contribution in [0.1, 0.15) is 12.0 Å². The molecule has 1 aromatic rings. The van der Waals surface area contributed by atoms with Crippen LogP contribution in [-0.4, -0.2) is 18.5 Å². The fourth-order valence-corrected chi connectivity index (χ4v) is 2.10. The number of amides is 1. The second kappa shape index (κ2) is 4.49. The Morgan fingerprint density at radius 1 is 1.56 bits per heavy atom. The molecule has 2 rings (SSSR count). The summed E-state index contributed by atoms with van der Waals surface area (Å²) in [6, 6.07) is 7.96. The highest BCUT2D eigenvalue weighted by molar-refractivity contribution is 5.95. The lowest BCUT2D eigenvalue weighted by molar-refractivity contribution is -0.117. The molecule has 1 heterocycles. The van der Waals surface area contributed by atoms with E-state index >= 15 is 0 Å². The maximum Gasteiger partial charge on any atom is 0.230 e. The molecular weight excluding hydrogens is 200 g/mol. The molecule has 0 saturated carbocycles. The van der Waals surface area contributed by atoms with Gasteiger partial charge >= 0.3 is 0 Å². The van der Waals surface area contributed by atoms with Crippen LogP contribution in [0.4, 0.5) is 5.69 Å². The van der Waals surface area contributed by atoms with Crippen molar-refractivity contribution in [2.24, 2.45) is 5.73 Å². The topological polar surface area (TPSA) is 46.3 Å². The summed E-state index contributed by atoms with van der Waals surface area (Å²) in [5, 5.41) is 0. The third-order valence-electron chi connectivity index (χ3n) is 2.80. The maximum atomic E-state index is 11.9. The number of anilines is 1. The van der Waals surface area contributed by atoms with E-state index in [0.29, 0.717) is 13.0 Å². The van der Waals surface area contributed by atoms with Crippen molar-refractivity contribution in [1.29, 1.82) is 0 Å². The van der Waals surface area contributed by atoms with Gasteiger partial charge in [-0.15, -0.1) is 6.58 Å². The van der Waals surface area contributed by atoms with Crippen LogP contribution < -0.4 is 10.6 Å². The molecule has 1 aromatic carbocycles. The summed E-state index contributed by atoms with van der Waals surface area (Å²) in [7, 11) is 0. The zero-order chi connectivity index (χ0) is 11.5. The van der Waals surface area contributed by atoms with Gasteiger partial charge in [0.25, 0.3) is 0 Å². The number of carbonyl (C=O) groups is 1. The molecule has 0 radical (unpaired) electrons. The average Bonchev–Trinajstić information content (AvgIpc) is 2.28. The molecule has 84 valence electrons. The zero-order valence-electron chi connectivity index (χ0n) is 9.23. The van der Waals surface area contributed by atoms with Crippen molar-refractivity contribution in [1.82, 2.24) is 0 Å². The van der Waals surface area contributed by atoms with E-state index in [-0.39, 0.29) is 11.9 Å². The lowest BCUT2D eigenvalue weighted by Crippen LogP contribution is -2.46. The minimum absolute atomic E-state index is 0.0312. The predicted octanol–water partition coefficient (Wildman–Crippen LogP) is 1.48. The third-order valence-corrected chi connectivity index (χ3v) is 2.80. The van der Waals surface area contributed by atoms with Gasteiger partial charge in [-0.25, -0.2) is 0 Å². The SMILES string of the molecule is C=CCC(=O)N1CC(N)Cc2ccccc21. The van der Waals surface area contributed by atoms with Crippen LogP contribution in [0.15, 0.2) is 36.9 Å². The molecule has 1 unspecified atom stereocenters. The first kappa shape index (κ1) is 10.9. The van der Waals surface area contributed by atoms with Gasteiger partial charge in [-0.2, -0.15) is 0 Å². The molecular formula is C13H16N2O. The van der Waals surface area contributed by atoms with Crippen LogP contribution in [0, 0.1) is 0 Å². The Bertz CT molecular complexity index is 414. The monoisotopic (exact) mass is 216 g/mol. The number of para-hydroxylation sites is 1. The highest BCUT2D eigenvalue weighted by Gasteiger charge is 2.25. The molecule has 0 saturated heterocycles. The van der Waals surface area contributed by atoms with Crippen molar-refractivity contribution >= 4 is 11.6 Å². The van der Waals surface area contributed by atoms with Gasteiger partial charge < -0.3 is 10.6 Å². The number of nitrogens with zero attached hydrogens (tertiary/aromatic N) is 1. The number of benzene rings is 1. The number of fused-ring (bicyclic) bond motifs is 1. The molecule has 0 aromatic heterocycles. The molecule has 1 amide bonds. The molecule has 2 N–H and O–H groups in total. The van der Waals surface area contributed by atoms with Crippen molar-refractivity contribution in [3.8, 4) is 0 Å². The largest absolute Gasteiger partial charge is 0.326 e. The van der Waals surface area contributed by atoms with E-state index in [2.05, 4.69) is 6.58 Å². The number of hydrogen-bond donors (Lipinski definition) is 1. The van der Waals surface area contributed by atoms with Crippen molar-refractivity contribution in [3.05, 3.63) is 42.5 Å². The zero-order valence-corrected chi connectivity index (χ0v) is 9.23. The fourth-order valence-electron chi connectivity index (χ4n) is 2.10. The molecule has 1 aliphatic heterocycles. The second-order valence-corrected chi connectivity index (χ2v) is 4.09. The molecule has 0 fully saturated rings. The van der Waals surface area contributed by atoms with Crippen molar-refractivity contribution < 1.29 is 4.79 Å². The molecule has 1 aliphatic rings. The first-order chi connectivity index (χ1) is 7.72. The van der Waals surface area contributed by atoms with Crippen LogP contribution >= 0.6 is 0 Å². The minimum atomic E-state index is 0.0312. The Hall–Kier alpha value is -1.61. The number of hydrogen-bond acceptors (Lipinski definition) is 2. The molecule has 0 aliphatic carbocycles. The standard InChI is InChI=1S/C13H16N2O/c1-2-5-13(16)15-9-11(14)8-10-6-3-4-7-12(10)15/h2-4,6-7,11H,1,5,8-9,14H2. The van der Waals surface area contributed by atoms with Crippen molar-refractivity contribution in [2.75, 3.05) is 11.4 Å². The molecule has 3 nitrogen and oxygen atoms in total. The third kappa shape index (κ3) is 1.99. The van der Waals surface area contributed by atoms with Gasteiger partial charge in [-0.05, 0) is 18.1 Å². The Balaban J connectivity index is 2.33. The lowest BCUT2D eigenvalue weighted by Gasteiger charge is -2.32. The number of carbonyl (C=O) groups excluding carboxylic acids is 1. The fraction of sp³-hybridized carbons (Fsp3) is 0.308. The quantitative estimate of drug-likeness (QED) is 0.761. The Morgan fingerprint density at radius 2 is 2.31 bits per heavy atom. The molecule has 0 bridgehead atoms. The molecule has 0 spiro atoms. The Morgan fingerprint density at radius 3 is 3.06 bits per heavy atom. The predicted molar refractivity (Wildman–Crippen MR) is 65.3 cm³/mol. The molecule has 1 atom stereocenters. The summed E-state index contributed by atoms with van der Waals surface area (Å²) in [5.74, 6) is 0.0672. The van der Waals surface area contributed by atoms with Gasteiger partial charge in [0.15, 0.2) is 0 Å². The summed E-state index contributed by atoms with van der Waals surface area (Å²) in [6.45, 7) is 4.19. The van der Waals surface area contributed by atoms with E-state index in [1.54, 1.807) is 11.0 Å². The van der Waals surface area contributed by atoms with Crippen LogP contribution in [0.3, 0.4) is 0 Å². The first-order valence-electron chi connectivity index (χ1n) is 5.47. The Kier molecular flexibility index (Phi) is 3.06. The van der Waals surface area contributed by atoms with Crippen LogP contribution in [0.25, 0.3) is 0 Å². The van der Waals surface area contributed by atoms with E-state index in [0.717, 1.165) is 17.7 Å². The lowest BCUT2D eigenvalue weighted by atomic mass is 9.98. The highest BCUT2D eigenvalue weighted by atomic mass is 16.2. The van der Waals surface area contributed by atoms with Gasteiger partial charge in [0.1, 0.15) is 0 Å². The molecule has 3 heteroatoms. The van der Waals surface area contributed by atoms with E-state index in [9.17, 15) is 4.79 Å². The van der Waals surface area contributed by atoms with Crippen LogP contribution in [-0.2, 0) is 11.2 Å². The van der Waals surface area contributed by atoms with Gasteiger partial charge in [-0.3, -0.25) is 4.79 Å². The van der Waals surface area contributed by atoms with E-state index < -0.39 is 0 Å². The van der Waals surface area contributed by atoms with Gasteiger partial charge in [0, 0.05) is 24.7 Å². The summed E-state index contributed by atoms with van der Waals surface area (Å²) in [6.07, 6.45) is 2.83. The molecule has 16 heavy (non-hydrogen) atoms. The Labute approximate surface area is 95.6 Å².